The number of carbonyl (C=O) groups is 1. The maximum absolute atomic E-state index is 12.5. The fourth-order valence-corrected chi connectivity index (χ4v) is 3.75. The fourth-order valence-electron chi connectivity index (χ4n) is 2.80. The predicted octanol–water partition coefficient (Wildman–Crippen LogP) is 4.17. The molecule has 10 heteroatoms. The van der Waals surface area contributed by atoms with Crippen LogP contribution in [0.25, 0.3) is 0 Å². The normalized spacial score (nSPS) is 12.1. The van der Waals surface area contributed by atoms with E-state index >= 15 is 0 Å². The number of aromatic nitrogens is 4. The number of benzene rings is 1. The molecule has 0 aliphatic heterocycles. The molecule has 8 nitrogen and oxygen atoms in total. The number of amides is 1. The van der Waals surface area contributed by atoms with Gasteiger partial charge in [-0.15, -0.1) is 10.2 Å². The van der Waals surface area contributed by atoms with Gasteiger partial charge in [0.15, 0.2) is 11.0 Å². The lowest BCUT2D eigenvalue weighted by Crippen LogP contribution is -2.24. The highest BCUT2D eigenvalue weighted by atomic mass is 35.5. The van der Waals surface area contributed by atoms with Gasteiger partial charge in [-0.05, 0) is 49.1 Å². The van der Waals surface area contributed by atoms with Crippen molar-refractivity contribution in [2.75, 3.05) is 11.2 Å². The Labute approximate surface area is 190 Å². The summed E-state index contributed by atoms with van der Waals surface area (Å²) >= 11 is 7.18. The number of nitrogens with zero attached hydrogens (tertiary/aromatic N) is 4. The van der Waals surface area contributed by atoms with E-state index in [1.165, 1.54) is 16.4 Å². The van der Waals surface area contributed by atoms with Gasteiger partial charge in [0, 0.05) is 6.20 Å². The van der Waals surface area contributed by atoms with Gasteiger partial charge in [-0.3, -0.25) is 4.79 Å². The monoisotopic (exact) mass is 460 g/mol. The molecule has 0 saturated carbocycles. The van der Waals surface area contributed by atoms with Crippen molar-refractivity contribution in [2.24, 2.45) is 0 Å². The number of carbonyl (C=O) groups excluding carboxylic acids is 1. The number of nitrogens with one attached hydrogen (secondary N) is 1. The molecule has 0 aliphatic rings. The highest BCUT2D eigenvalue weighted by Crippen LogP contribution is 2.29. The van der Waals surface area contributed by atoms with Gasteiger partial charge in [-0.1, -0.05) is 49.3 Å². The molecule has 1 unspecified atom stereocenters. The van der Waals surface area contributed by atoms with Gasteiger partial charge in [0.05, 0.1) is 10.9 Å². The molecule has 0 fully saturated rings. The molecule has 1 aromatic carbocycles. The first-order chi connectivity index (χ1) is 14.8. The summed E-state index contributed by atoms with van der Waals surface area (Å²) in [6.07, 6.45) is 1.55. The Bertz CT molecular complexity index is 1070. The molecule has 164 valence electrons. The first-order valence-electron chi connectivity index (χ1n) is 9.77. The standard InChI is InChI=1S/C21H25ClN6O2S/c1-12(2)15-8-7-13(3)10-17(15)30-11-18-26-27-21(28(18)23)31-14(4)20(29)25-16-6-5-9-24-19(16)22/h5-10,12,14H,11,23H2,1-4H3,(H,25,29). The van der Waals surface area contributed by atoms with Crippen molar-refractivity contribution in [1.29, 1.82) is 0 Å². The van der Waals surface area contributed by atoms with Crippen LogP contribution in [0.2, 0.25) is 5.15 Å². The van der Waals surface area contributed by atoms with Crippen molar-refractivity contribution in [3.8, 4) is 5.75 Å². The van der Waals surface area contributed by atoms with E-state index < -0.39 is 5.25 Å². The summed E-state index contributed by atoms with van der Waals surface area (Å²) in [4.78, 5) is 16.4. The number of nitrogen functional groups attached to an aromatic ring is 1. The summed E-state index contributed by atoms with van der Waals surface area (Å²) in [6.45, 7) is 8.16. The summed E-state index contributed by atoms with van der Waals surface area (Å²) in [5.74, 6) is 7.48. The quantitative estimate of drug-likeness (QED) is 0.295. The smallest absolute Gasteiger partial charge is 0.237 e. The number of thioether (sulfide) groups is 1. The van der Waals surface area contributed by atoms with E-state index in [4.69, 9.17) is 22.2 Å². The molecule has 2 aromatic heterocycles. The van der Waals surface area contributed by atoms with Crippen LogP contribution in [0.5, 0.6) is 5.75 Å². The first kappa shape index (κ1) is 22.9. The number of hydrogen-bond donors (Lipinski definition) is 2. The van der Waals surface area contributed by atoms with Gasteiger partial charge >= 0.3 is 0 Å². The Morgan fingerprint density at radius 2 is 2.06 bits per heavy atom. The maximum atomic E-state index is 12.5. The average Bonchev–Trinajstić information content (AvgIpc) is 3.07. The molecule has 31 heavy (non-hydrogen) atoms. The first-order valence-corrected chi connectivity index (χ1v) is 11.0. The summed E-state index contributed by atoms with van der Waals surface area (Å²) < 4.78 is 7.33. The summed E-state index contributed by atoms with van der Waals surface area (Å²) in [5, 5.41) is 11.1. The van der Waals surface area contributed by atoms with Crippen LogP contribution in [0, 0.1) is 6.92 Å². The number of ether oxygens (including phenoxy) is 1. The van der Waals surface area contributed by atoms with Crippen LogP contribution in [0.4, 0.5) is 5.69 Å². The third-order valence-corrected chi connectivity index (χ3v) is 5.91. The second kappa shape index (κ2) is 10.0. The van der Waals surface area contributed by atoms with Gasteiger partial charge in [0.2, 0.25) is 11.1 Å². The molecular weight excluding hydrogens is 436 g/mol. The Morgan fingerprint density at radius 1 is 1.29 bits per heavy atom. The average molecular weight is 461 g/mol. The summed E-state index contributed by atoms with van der Waals surface area (Å²) in [6, 6.07) is 9.51. The van der Waals surface area contributed by atoms with Gasteiger partial charge in [0.1, 0.15) is 12.4 Å². The van der Waals surface area contributed by atoms with Gasteiger partial charge < -0.3 is 15.9 Å². The number of anilines is 1. The van der Waals surface area contributed by atoms with Gasteiger partial charge in [-0.2, -0.15) is 0 Å². The van der Waals surface area contributed by atoms with Crippen molar-refractivity contribution >= 4 is 35.0 Å². The van der Waals surface area contributed by atoms with Crippen LogP contribution in [0.15, 0.2) is 41.7 Å². The molecular formula is C21H25ClN6O2S. The van der Waals surface area contributed by atoms with Crippen LogP contribution in [0.1, 0.15) is 43.6 Å². The molecule has 3 N–H and O–H groups in total. The third kappa shape index (κ3) is 5.68. The Kier molecular flexibility index (Phi) is 7.40. The second-order valence-electron chi connectivity index (χ2n) is 7.34. The Balaban J connectivity index is 1.64. The number of nitrogens with two attached hydrogens (primary N) is 1. The lowest BCUT2D eigenvalue weighted by Gasteiger charge is -2.15. The van der Waals surface area contributed by atoms with Crippen LogP contribution in [0.3, 0.4) is 0 Å². The van der Waals surface area contributed by atoms with E-state index in [2.05, 4.69) is 46.5 Å². The minimum absolute atomic E-state index is 0.166. The molecule has 2 heterocycles. The van der Waals surface area contributed by atoms with Crippen LogP contribution < -0.4 is 15.9 Å². The molecule has 0 spiro atoms. The van der Waals surface area contributed by atoms with Gasteiger partial charge in [-0.25, -0.2) is 9.66 Å². The Morgan fingerprint density at radius 3 is 2.77 bits per heavy atom. The zero-order valence-electron chi connectivity index (χ0n) is 17.8. The SMILES string of the molecule is Cc1ccc(C(C)C)c(OCc2nnc(SC(C)C(=O)Nc3cccnc3Cl)n2N)c1. The van der Waals surface area contributed by atoms with E-state index in [0.717, 1.165) is 16.9 Å². The number of hydrogen-bond acceptors (Lipinski definition) is 7. The van der Waals surface area contributed by atoms with E-state index in [-0.39, 0.29) is 17.7 Å². The fraction of sp³-hybridized carbons (Fsp3) is 0.333. The lowest BCUT2D eigenvalue weighted by atomic mass is 10.0. The topological polar surface area (TPSA) is 108 Å². The minimum Gasteiger partial charge on any atom is -0.485 e. The van der Waals surface area contributed by atoms with Crippen LogP contribution in [-0.2, 0) is 11.4 Å². The molecule has 0 radical (unpaired) electrons. The number of halogens is 1. The molecule has 1 amide bonds. The summed E-state index contributed by atoms with van der Waals surface area (Å²) in [5.41, 5.74) is 2.67. The minimum atomic E-state index is -0.485. The van der Waals surface area contributed by atoms with Crippen molar-refractivity contribution in [2.45, 2.75) is 50.6 Å². The predicted molar refractivity (Wildman–Crippen MR) is 123 cm³/mol. The largest absolute Gasteiger partial charge is 0.485 e. The molecule has 0 bridgehead atoms. The van der Waals surface area contributed by atoms with Crippen LogP contribution >= 0.6 is 23.4 Å². The van der Waals surface area contributed by atoms with Crippen molar-refractivity contribution in [3.05, 3.63) is 58.6 Å². The number of pyridine rings is 1. The number of rotatable bonds is 8. The van der Waals surface area contributed by atoms with Crippen molar-refractivity contribution < 1.29 is 9.53 Å². The third-order valence-electron chi connectivity index (χ3n) is 4.55. The zero-order valence-corrected chi connectivity index (χ0v) is 19.4. The molecule has 1 atom stereocenters. The van der Waals surface area contributed by atoms with E-state index in [9.17, 15) is 4.79 Å². The van der Waals surface area contributed by atoms with E-state index in [1.807, 2.05) is 13.0 Å². The number of aryl methyl sites for hydroxylation is 1. The molecule has 3 rings (SSSR count). The highest BCUT2D eigenvalue weighted by Gasteiger charge is 2.21. The lowest BCUT2D eigenvalue weighted by molar-refractivity contribution is -0.115. The summed E-state index contributed by atoms with van der Waals surface area (Å²) in [7, 11) is 0. The molecule has 0 saturated heterocycles. The zero-order chi connectivity index (χ0) is 22.5. The van der Waals surface area contributed by atoms with E-state index in [1.54, 1.807) is 25.3 Å². The maximum Gasteiger partial charge on any atom is 0.237 e. The van der Waals surface area contributed by atoms with Crippen LogP contribution in [-0.4, -0.2) is 31.0 Å². The van der Waals surface area contributed by atoms with Crippen molar-refractivity contribution in [1.82, 2.24) is 19.9 Å². The van der Waals surface area contributed by atoms with Crippen molar-refractivity contribution in [3.63, 3.8) is 0 Å². The van der Waals surface area contributed by atoms with E-state index in [0.29, 0.717) is 22.6 Å². The van der Waals surface area contributed by atoms with Gasteiger partial charge in [0.25, 0.3) is 0 Å². The highest BCUT2D eigenvalue weighted by molar-refractivity contribution is 8.00. The molecule has 3 aromatic rings. The second-order valence-corrected chi connectivity index (χ2v) is 9.01. The molecule has 0 aliphatic carbocycles. The Hall–Kier alpha value is -2.78.